The number of hydrogen-bond donors (Lipinski definition) is 0. The van der Waals surface area contributed by atoms with Crippen LogP contribution in [0.4, 0.5) is 11.4 Å². The molecule has 5 rings (SSSR count). The second-order valence-electron chi connectivity index (χ2n) is 10.3. The number of nitro groups is 1. The molecule has 0 atom stereocenters. The fourth-order valence-corrected chi connectivity index (χ4v) is 5.61. The third kappa shape index (κ3) is 5.04. The summed E-state index contributed by atoms with van der Waals surface area (Å²) in [4.78, 5) is 15.2. The zero-order valence-electron chi connectivity index (χ0n) is 22.1. The number of ether oxygens (including phenoxy) is 1. The third-order valence-electron chi connectivity index (χ3n) is 7.56. The first-order chi connectivity index (χ1) is 18.4. The molecule has 0 amide bonds. The van der Waals surface area contributed by atoms with E-state index in [0.717, 1.165) is 37.1 Å². The molecule has 8 nitrogen and oxygen atoms in total. The molecule has 2 heterocycles. The molecule has 0 bridgehead atoms. The first-order valence-electron chi connectivity index (χ1n) is 13.0. The molecule has 8 heteroatoms. The molecule has 2 aromatic rings. The maximum atomic E-state index is 11.0. The number of likely N-dealkylation sites (N-methyl/N-ethyl adjacent to an activating group) is 1. The summed E-state index contributed by atoms with van der Waals surface area (Å²) in [6, 6.07) is 15.2. The first-order valence-corrected chi connectivity index (χ1v) is 13.0. The van der Waals surface area contributed by atoms with Crippen LogP contribution in [0.1, 0.15) is 37.8 Å². The molecule has 2 aliphatic heterocycles. The van der Waals surface area contributed by atoms with Gasteiger partial charge in [-0.1, -0.05) is 32.0 Å². The van der Waals surface area contributed by atoms with E-state index in [1.807, 2.05) is 12.3 Å². The van der Waals surface area contributed by atoms with Gasteiger partial charge in [0.25, 0.3) is 5.69 Å². The van der Waals surface area contributed by atoms with Crippen LogP contribution in [0.15, 0.2) is 87.4 Å². The van der Waals surface area contributed by atoms with Gasteiger partial charge in [-0.2, -0.15) is 10.2 Å². The molecule has 38 heavy (non-hydrogen) atoms. The second-order valence-corrected chi connectivity index (χ2v) is 10.3. The Morgan fingerprint density at radius 2 is 1.76 bits per heavy atom. The molecule has 196 valence electrons. The average Bonchev–Trinajstić information content (AvgIpc) is 3.40. The summed E-state index contributed by atoms with van der Waals surface area (Å²) in [5.41, 5.74) is 8.19. The Balaban J connectivity index is 1.38. The van der Waals surface area contributed by atoms with Gasteiger partial charge in [0.05, 0.1) is 30.6 Å². The highest BCUT2D eigenvalue weighted by Crippen LogP contribution is 2.46. The molecule has 1 saturated heterocycles. The lowest BCUT2D eigenvalue weighted by molar-refractivity contribution is -0.384. The summed E-state index contributed by atoms with van der Waals surface area (Å²) in [7, 11) is 2.09. The number of nitrogens with zero attached hydrogens (tertiary/aromatic N) is 5. The van der Waals surface area contributed by atoms with Crippen molar-refractivity contribution in [3.05, 3.63) is 98.4 Å². The van der Waals surface area contributed by atoms with Crippen molar-refractivity contribution in [2.75, 3.05) is 38.3 Å². The normalized spacial score (nSPS) is 21.4. The highest BCUT2D eigenvalue weighted by molar-refractivity contribution is 5.85. The standard InChI is InChI=1S/C30H33N5O3/c1-30(2)26-6-4-5-7-27(26)33(3)28(30)14-15-31-32-21-24-11-10-23(29(24)34-16-18-38-19-17-34)20-22-8-12-25(13-9-22)35(36)37/h4-9,12-15,20-21H,10-11,16-19H2,1-3H3/b23-20+,28-14?,31-15?,32-21+. The fourth-order valence-electron chi connectivity index (χ4n) is 5.61. The Morgan fingerprint density at radius 3 is 2.47 bits per heavy atom. The van der Waals surface area contributed by atoms with Crippen molar-refractivity contribution in [2.45, 2.75) is 32.1 Å². The maximum Gasteiger partial charge on any atom is 0.269 e. The van der Waals surface area contributed by atoms with Crippen molar-refractivity contribution < 1.29 is 9.66 Å². The Morgan fingerprint density at radius 1 is 1.03 bits per heavy atom. The Kier molecular flexibility index (Phi) is 7.24. The van der Waals surface area contributed by atoms with Crippen LogP contribution < -0.4 is 4.90 Å². The number of para-hydroxylation sites is 1. The fraction of sp³-hybridized carbons (Fsp3) is 0.333. The molecule has 0 saturated carbocycles. The summed E-state index contributed by atoms with van der Waals surface area (Å²) in [6.07, 6.45) is 9.57. The molecule has 0 radical (unpaired) electrons. The predicted octanol–water partition coefficient (Wildman–Crippen LogP) is 5.73. The van der Waals surface area contributed by atoms with Gasteiger partial charge in [0.15, 0.2) is 0 Å². The van der Waals surface area contributed by atoms with E-state index in [1.165, 1.54) is 28.2 Å². The van der Waals surface area contributed by atoms with Crippen LogP contribution in [0, 0.1) is 10.1 Å². The third-order valence-corrected chi connectivity index (χ3v) is 7.56. The van der Waals surface area contributed by atoms with Gasteiger partial charge in [-0.15, -0.1) is 0 Å². The number of nitro benzene ring substituents is 1. The monoisotopic (exact) mass is 511 g/mol. The van der Waals surface area contributed by atoms with Gasteiger partial charge < -0.3 is 14.5 Å². The van der Waals surface area contributed by atoms with Crippen LogP contribution in [0.5, 0.6) is 0 Å². The number of rotatable bonds is 6. The summed E-state index contributed by atoms with van der Waals surface area (Å²) >= 11 is 0. The summed E-state index contributed by atoms with van der Waals surface area (Å²) in [5, 5.41) is 19.8. The zero-order chi connectivity index (χ0) is 26.7. The topological polar surface area (TPSA) is 83.6 Å². The molecule has 0 spiro atoms. The zero-order valence-corrected chi connectivity index (χ0v) is 22.1. The van der Waals surface area contributed by atoms with E-state index in [-0.39, 0.29) is 16.0 Å². The summed E-state index contributed by atoms with van der Waals surface area (Å²) in [5.74, 6) is 0. The van der Waals surface area contributed by atoms with E-state index in [9.17, 15) is 10.1 Å². The Labute approximate surface area is 223 Å². The SMILES string of the molecule is CN1C(=CC=N/N=C/C2=C(N3CCOCC3)C(=C/c3ccc([N+](=O)[O-])cc3)/CC2)C(C)(C)c2ccccc21. The van der Waals surface area contributed by atoms with Crippen molar-refractivity contribution in [1.29, 1.82) is 0 Å². The summed E-state index contributed by atoms with van der Waals surface area (Å²) in [6.45, 7) is 7.49. The van der Waals surface area contributed by atoms with Crippen LogP contribution >= 0.6 is 0 Å². The number of benzene rings is 2. The number of fused-ring (bicyclic) bond motifs is 1. The summed E-state index contributed by atoms with van der Waals surface area (Å²) < 4.78 is 5.58. The van der Waals surface area contributed by atoms with Crippen molar-refractivity contribution in [3.63, 3.8) is 0 Å². The number of hydrogen-bond acceptors (Lipinski definition) is 7. The van der Waals surface area contributed by atoms with Gasteiger partial charge in [0.2, 0.25) is 0 Å². The Bertz CT molecular complexity index is 1360. The number of non-ortho nitro benzene ring substituents is 1. The molecular weight excluding hydrogens is 478 g/mol. The molecule has 2 aromatic carbocycles. The van der Waals surface area contributed by atoms with Gasteiger partial charge in [-0.25, -0.2) is 0 Å². The van der Waals surface area contributed by atoms with Crippen LogP contribution in [-0.4, -0.2) is 55.6 Å². The second kappa shape index (κ2) is 10.8. The van der Waals surface area contributed by atoms with Crippen LogP contribution in [-0.2, 0) is 10.2 Å². The van der Waals surface area contributed by atoms with E-state index in [0.29, 0.717) is 13.2 Å². The quantitative estimate of drug-likeness (QED) is 0.281. The molecule has 0 unspecified atom stereocenters. The van der Waals surface area contributed by atoms with Crippen molar-refractivity contribution >= 4 is 29.9 Å². The predicted molar refractivity (Wildman–Crippen MR) is 153 cm³/mol. The molecule has 0 N–H and O–H groups in total. The van der Waals surface area contributed by atoms with Crippen molar-refractivity contribution in [1.82, 2.24) is 4.90 Å². The smallest absolute Gasteiger partial charge is 0.269 e. The lowest BCUT2D eigenvalue weighted by Gasteiger charge is -2.31. The van der Waals surface area contributed by atoms with Crippen LogP contribution in [0.3, 0.4) is 0 Å². The van der Waals surface area contributed by atoms with E-state index in [1.54, 1.807) is 30.5 Å². The number of morpholine rings is 1. The van der Waals surface area contributed by atoms with Gasteiger partial charge >= 0.3 is 0 Å². The Hall–Kier alpha value is -4.04. The van der Waals surface area contributed by atoms with E-state index in [4.69, 9.17) is 4.74 Å². The van der Waals surface area contributed by atoms with Crippen molar-refractivity contribution in [2.24, 2.45) is 10.2 Å². The largest absolute Gasteiger partial charge is 0.378 e. The molecular formula is C30H33N5O3. The average molecular weight is 512 g/mol. The van der Waals surface area contributed by atoms with Gasteiger partial charge in [-0.3, -0.25) is 10.1 Å². The van der Waals surface area contributed by atoms with Gasteiger partial charge in [-0.05, 0) is 65.5 Å². The maximum absolute atomic E-state index is 11.0. The molecule has 1 aliphatic carbocycles. The number of anilines is 1. The first kappa shape index (κ1) is 25.6. The molecule has 3 aliphatic rings. The van der Waals surface area contributed by atoms with Crippen LogP contribution in [0.2, 0.25) is 0 Å². The van der Waals surface area contributed by atoms with E-state index in [2.05, 4.69) is 71.2 Å². The minimum atomic E-state index is -0.374. The highest BCUT2D eigenvalue weighted by atomic mass is 16.6. The van der Waals surface area contributed by atoms with E-state index >= 15 is 0 Å². The van der Waals surface area contributed by atoms with E-state index < -0.39 is 0 Å². The van der Waals surface area contributed by atoms with Gasteiger partial charge in [0, 0.05) is 54.8 Å². The molecule has 0 aromatic heterocycles. The highest BCUT2D eigenvalue weighted by Gasteiger charge is 2.37. The minimum absolute atomic E-state index is 0.0965. The van der Waals surface area contributed by atoms with Crippen molar-refractivity contribution in [3.8, 4) is 0 Å². The van der Waals surface area contributed by atoms with Crippen LogP contribution in [0.25, 0.3) is 6.08 Å². The lowest BCUT2D eigenvalue weighted by atomic mass is 9.84. The lowest BCUT2D eigenvalue weighted by Crippen LogP contribution is -2.36. The van der Waals surface area contributed by atoms with Gasteiger partial charge in [0.1, 0.15) is 0 Å². The number of allylic oxidation sites excluding steroid dienone is 4. The minimum Gasteiger partial charge on any atom is -0.378 e. The molecule has 1 fully saturated rings.